The van der Waals surface area contributed by atoms with E-state index in [0.29, 0.717) is 39.1 Å². The Hall–Kier alpha value is -1.44. The third-order valence-electron chi connectivity index (χ3n) is 4.90. The minimum absolute atomic E-state index is 0.00601. The Kier molecular flexibility index (Phi) is 4.70. The number of hydrogen-bond acceptors (Lipinski definition) is 5. The summed E-state index contributed by atoms with van der Waals surface area (Å²) >= 11 is 1.30. The van der Waals surface area contributed by atoms with E-state index in [0.717, 1.165) is 11.3 Å². The van der Waals surface area contributed by atoms with Crippen molar-refractivity contribution in [3.05, 3.63) is 21.9 Å². The first-order valence-electron chi connectivity index (χ1n) is 7.86. The monoisotopic (exact) mass is 339 g/mol. The number of carboxylic acids is 1. The summed E-state index contributed by atoms with van der Waals surface area (Å²) in [5.41, 5.74) is -0.487. The van der Waals surface area contributed by atoms with Crippen LogP contribution in [-0.4, -0.2) is 58.9 Å². The summed E-state index contributed by atoms with van der Waals surface area (Å²) < 4.78 is 5.36. The standard InChI is InChI=1S/C16H21NO5S/c18-14(8-13-7-11(10-23-13)15(19)20)17-4-2-16(21,3-5-17)12-1-6-22-9-12/h7,10,12,21H,1-6,8-9H2,(H,19,20). The second kappa shape index (κ2) is 6.59. The first-order valence-corrected chi connectivity index (χ1v) is 8.74. The third kappa shape index (κ3) is 3.57. The molecule has 1 amide bonds. The summed E-state index contributed by atoms with van der Waals surface area (Å²) in [6.45, 7) is 2.41. The Bertz CT molecular complexity index is 585. The predicted molar refractivity (Wildman–Crippen MR) is 84.7 cm³/mol. The molecular formula is C16H21NO5S. The van der Waals surface area contributed by atoms with E-state index in [1.807, 2.05) is 0 Å². The number of nitrogens with zero attached hydrogens (tertiary/aromatic N) is 1. The number of hydrogen-bond donors (Lipinski definition) is 2. The summed E-state index contributed by atoms with van der Waals surface area (Å²) in [5.74, 6) is -0.801. The molecule has 6 nitrogen and oxygen atoms in total. The number of carbonyl (C=O) groups is 2. The highest BCUT2D eigenvalue weighted by molar-refractivity contribution is 7.10. The molecule has 0 bridgehead atoms. The highest BCUT2D eigenvalue weighted by atomic mass is 32.1. The van der Waals surface area contributed by atoms with E-state index in [2.05, 4.69) is 0 Å². The van der Waals surface area contributed by atoms with Crippen LogP contribution in [0.3, 0.4) is 0 Å². The Morgan fingerprint density at radius 1 is 1.39 bits per heavy atom. The molecule has 2 fully saturated rings. The fraction of sp³-hybridized carbons (Fsp3) is 0.625. The Balaban J connectivity index is 1.54. The maximum atomic E-state index is 12.4. The molecule has 3 rings (SSSR count). The van der Waals surface area contributed by atoms with Crippen LogP contribution in [0, 0.1) is 5.92 Å². The van der Waals surface area contributed by atoms with Crippen molar-refractivity contribution >= 4 is 23.2 Å². The van der Waals surface area contributed by atoms with E-state index in [9.17, 15) is 14.7 Å². The summed E-state index contributed by atoms with van der Waals surface area (Å²) in [6, 6.07) is 1.56. The molecule has 3 heterocycles. The van der Waals surface area contributed by atoms with Crippen molar-refractivity contribution < 1.29 is 24.5 Å². The average molecular weight is 339 g/mol. The van der Waals surface area contributed by atoms with Crippen LogP contribution < -0.4 is 0 Å². The van der Waals surface area contributed by atoms with Crippen LogP contribution >= 0.6 is 11.3 Å². The van der Waals surface area contributed by atoms with Crippen molar-refractivity contribution in [1.29, 1.82) is 0 Å². The van der Waals surface area contributed by atoms with E-state index in [1.165, 1.54) is 11.3 Å². The van der Waals surface area contributed by atoms with E-state index in [-0.39, 0.29) is 23.8 Å². The minimum atomic E-state index is -0.971. The molecule has 1 atom stereocenters. The van der Waals surface area contributed by atoms with Crippen LogP contribution in [-0.2, 0) is 16.0 Å². The second-order valence-electron chi connectivity index (χ2n) is 6.33. The SMILES string of the molecule is O=C(O)c1csc(CC(=O)N2CCC(O)(C3CCOC3)CC2)c1. The van der Waals surface area contributed by atoms with Crippen molar-refractivity contribution in [1.82, 2.24) is 4.90 Å². The molecule has 1 aromatic rings. The highest BCUT2D eigenvalue weighted by Gasteiger charge is 2.42. The first-order chi connectivity index (χ1) is 11.0. The van der Waals surface area contributed by atoms with Crippen molar-refractivity contribution in [2.24, 2.45) is 5.92 Å². The number of carboxylic acid groups (broad SMARTS) is 1. The maximum Gasteiger partial charge on any atom is 0.336 e. The van der Waals surface area contributed by atoms with Gasteiger partial charge in [-0.1, -0.05) is 0 Å². The summed E-state index contributed by atoms with van der Waals surface area (Å²) in [5, 5.41) is 21.2. The van der Waals surface area contributed by atoms with Crippen LogP contribution in [0.2, 0.25) is 0 Å². The van der Waals surface area contributed by atoms with Gasteiger partial charge < -0.3 is 19.8 Å². The Labute approximate surface area is 138 Å². The molecule has 2 saturated heterocycles. The Morgan fingerprint density at radius 3 is 2.70 bits per heavy atom. The van der Waals surface area contributed by atoms with Crippen molar-refractivity contribution in [2.75, 3.05) is 26.3 Å². The number of ether oxygens (including phenoxy) is 1. The zero-order valence-corrected chi connectivity index (χ0v) is 13.7. The van der Waals surface area contributed by atoms with Crippen molar-refractivity contribution in [3.8, 4) is 0 Å². The highest BCUT2D eigenvalue weighted by Crippen LogP contribution is 2.35. The molecule has 7 heteroatoms. The molecule has 2 aliphatic heterocycles. The molecule has 1 unspecified atom stereocenters. The van der Waals surface area contributed by atoms with Gasteiger partial charge >= 0.3 is 5.97 Å². The van der Waals surface area contributed by atoms with Gasteiger partial charge in [-0.05, 0) is 25.3 Å². The summed E-state index contributed by atoms with van der Waals surface area (Å²) in [7, 11) is 0. The molecule has 23 heavy (non-hydrogen) atoms. The molecule has 0 radical (unpaired) electrons. The predicted octanol–water partition coefficient (Wildman–Crippen LogP) is 1.38. The fourth-order valence-corrected chi connectivity index (χ4v) is 4.21. The van der Waals surface area contributed by atoms with Gasteiger partial charge in [0.05, 0.1) is 24.2 Å². The van der Waals surface area contributed by atoms with Crippen LogP contribution in [0.5, 0.6) is 0 Å². The van der Waals surface area contributed by atoms with E-state index >= 15 is 0 Å². The summed E-state index contributed by atoms with van der Waals surface area (Å²) in [6.07, 6.45) is 2.27. The fourth-order valence-electron chi connectivity index (χ4n) is 3.36. The van der Waals surface area contributed by atoms with E-state index in [1.54, 1.807) is 16.3 Å². The number of aromatic carboxylic acids is 1. The van der Waals surface area contributed by atoms with E-state index < -0.39 is 11.6 Å². The van der Waals surface area contributed by atoms with Crippen molar-refractivity contribution in [2.45, 2.75) is 31.3 Å². The smallest absolute Gasteiger partial charge is 0.336 e. The molecule has 2 N–H and O–H groups in total. The van der Waals surface area contributed by atoms with Gasteiger partial charge in [0.1, 0.15) is 0 Å². The molecule has 1 aromatic heterocycles. The number of rotatable bonds is 4. The van der Waals surface area contributed by atoms with Crippen LogP contribution in [0.25, 0.3) is 0 Å². The van der Waals surface area contributed by atoms with Gasteiger partial charge in [0, 0.05) is 35.9 Å². The quantitative estimate of drug-likeness (QED) is 0.865. The zero-order valence-electron chi connectivity index (χ0n) is 12.9. The number of aliphatic hydroxyl groups is 1. The Morgan fingerprint density at radius 2 is 2.13 bits per heavy atom. The number of piperidine rings is 1. The lowest BCUT2D eigenvalue weighted by molar-refractivity contribution is -0.136. The number of likely N-dealkylation sites (tertiary alicyclic amines) is 1. The van der Waals surface area contributed by atoms with Gasteiger partial charge in [0.2, 0.25) is 5.91 Å². The molecule has 0 aliphatic carbocycles. The van der Waals surface area contributed by atoms with Crippen LogP contribution in [0.1, 0.15) is 34.5 Å². The normalized spacial score (nSPS) is 23.9. The maximum absolute atomic E-state index is 12.4. The van der Waals surface area contributed by atoms with Gasteiger partial charge in [-0.2, -0.15) is 0 Å². The molecule has 0 spiro atoms. The number of amides is 1. The topological polar surface area (TPSA) is 87.1 Å². The first kappa shape index (κ1) is 16.4. The van der Waals surface area contributed by atoms with Crippen LogP contribution in [0.15, 0.2) is 11.4 Å². The minimum Gasteiger partial charge on any atom is -0.478 e. The summed E-state index contributed by atoms with van der Waals surface area (Å²) in [4.78, 5) is 25.8. The van der Waals surface area contributed by atoms with Crippen molar-refractivity contribution in [3.63, 3.8) is 0 Å². The average Bonchev–Trinajstić information content (AvgIpc) is 3.19. The lowest BCUT2D eigenvalue weighted by Crippen LogP contribution is -2.50. The number of thiophene rings is 1. The largest absolute Gasteiger partial charge is 0.478 e. The van der Waals surface area contributed by atoms with Crippen LogP contribution in [0.4, 0.5) is 0 Å². The van der Waals surface area contributed by atoms with Gasteiger partial charge in [0.15, 0.2) is 0 Å². The lowest BCUT2D eigenvalue weighted by atomic mass is 9.79. The molecule has 0 saturated carbocycles. The molecular weight excluding hydrogens is 318 g/mol. The molecule has 0 aromatic carbocycles. The van der Waals surface area contributed by atoms with Gasteiger partial charge in [0.25, 0.3) is 0 Å². The molecule has 2 aliphatic rings. The zero-order chi connectivity index (χ0) is 16.4. The van der Waals surface area contributed by atoms with Gasteiger partial charge in [-0.25, -0.2) is 4.79 Å². The second-order valence-corrected chi connectivity index (χ2v) is 7.32. The van der Waals surface area contributed by atoms with E-state index in [4.69, 9.17) is 9.84 Å². The number of carbonyl (C=O) groups excluding carboxylic acids is 1. The van der Waals surface area contributed by atoms with Gasteiger partial charge in [-0.15, -0.1) is 11.3 Å². The third-order valence-corrected chi connectivity index (χ3v) is 5.83. The van der Waals surface area contributed by atoms with Gasteiger partial charge in [-0.3, -0.25) is 4.79 Å². The lowest BCUT2D eigenvalue weighted by Gasteiger charge is -2.41. The molecule has 126 valence electrons.